The number of morpholine rings is 1. The summed E-state index contributed by atoms with van der Waals surface area (Å²) in [5.74, 6) is -0.246. The summed E-state index contributed by atoms with van der Waals surface area (Å²) >= 11 is 1.69. The lowest BCUT2D eigenvalue weighted by Gasteiger charge is -2.41. The molecule has 1 aromatic heterocycles. The molecule has 1 aliphatic heterocycles. The smallest absolute Gasteiger partial charge is 0.251 e. The quantitative estimate of drug-likeness (QED) is 0.879. The van der Waals surface area contributed by atoms with E-state index in [4.69, 9.17) is 10.5 Å². The van der Waals surface area contributed by atoms with E-state index in [0.29, 0.717) is 19.6 Å². The Morgan fingerprint density at radius 3 is 2.62 bits per heavy atom. The highest BCUT2D eigenvalue weighted by Gasteiger charge is 2.45. The summed E-state index contributed by atoms with van der Waals surface area (Å²) < 4.78 is 5.85. The van der Waals surface area contributed by atoms with Gasteiger partial charge in [0.25, 0.3) is 5.91 Å². The molecule has 0 spiro atoms. The second-order valence-corrected chi connectivity index (χ2v) is 8.04. The van der Waals surface area contributed by atoms with E-state index in [1.165, 1.54) is 4.88 Å². The zero-order valence-corrected chi connectivity index (χ0v) is 15.3. The second kappa shape index (κ2) is 6.85. The molecule has 0 bridgehead atoms. The molecule has 1 aliphatic carbocycles. The van der Waals surface area contributed by atoms with Gasteiger partial charge < -0.3 is 15.4 Å². The summed E-state index contributed by atoms with van der Waals surface area (Å²) in [6.45, 7) is 1.11. The zero-order chi connectivity index (χ0) is 18.1. The van der Waals surface area contributed by atoms with Gasteiger partial charge >= 0.3 is 0 Å². The number of primary amides is 1. The molecule has 2 heterocycles. The van der Waals surface area contributed by atoms with Crippen LogP contribution in [0.4, 0.5) is 0 Å². The van der Waals surface area contributed by atoms with Crippen LogP contribution in [0.15, 0.2) is 41.8 Å². The van der Waals surface area contributed by atoms with Gasteiger partial charge in [0, 0.05) is 23.8 Å². The highest BCUT2D eigenvalue weighted by Crippen LogP contribution is 2.33. The van der Waals surface area contributed by atoms with Gasteiger partial charge in [-0.05, 0) is 35.4 Å². The van der Waals surface area contributed by atoms with Crippen LogP contribution < -0.4 is 5.73 Å². The Bertz CT molecular complexity index is 799. The van der Waals surface area contributed by atoms with E-state index in [-0.39, 0.29) is 18.4 Å². The number of ether oxygens (including phenoxy) is 1. The summed E-state index contributed by atoms with van der Waals surface area (Å²) in [7, 11) is 0. The maximum Gasteiger partial charge on any atom is 0.251 e. The van der Waals surface area contributed by atoms with E-state index in [9.17, 15) is 9.59 Å². The Morgan fingerprint density at radius 2 is 2.00 bits per heavy atom. The lowest BCUT2D eigenvalue weighted by atomic mass is 9.91. The van der Waals surface area contributed by atoms with Crippen molar-refractivity contribution in [2.24, 2.45) is 11.7 Å². The molecule has 1 atom stereocenters. The molecule has 0 unspecified atom stereocenters. The Labute approximate surface area is 156 Å². The molecule has 1 saturated carbocycles. The molecule has 5 nitrogen and oxygen atoms in total. The lowest BCUT2D eigenvalue weighted by molar-refractivity contribution is -0.164. The Hall–Kier alpha value is -2.18. The van der Waals surface area contributed by atoms with Crippen molar-refractivity contribution in [3.8, 4) is 10.4 Å². The minimum atomic E-state index is -1.15. The maximum atomic E-state index is 12.4. The van der Waals surface area contributed by atoms with E-state index >= 15 is 0 Å². The first-order chi connectivity index (χ1) is 12.6. The van der Waals surface area contributed by atoms with E-state index in [1.54, 1.807) is 16.2 Å². The van der Waals surface area contributed by atoms with Crippen molar-refractivity contribution in [2.45, 2.75) is 24.9 Å². The van der Waals surface area contributed by atoms with Crippen LogP contribution in [0.2, 0.25) is 0 Å². The molecule has 2 amide bonds. The molecule has 2 aromatic rings. The van der Waals surface area contributed by atoms with Crippen molar-refractivity contribution in [3.05, 3.63) is 47.3 Å². The minimum Gasteiger partial charge on any atom is -0.367 e. The first kappa shape index (κ1) is 17.2. The van der Waals surface area contributed by atoms with Crippen LogP contribution in [-0.2, 0) is 20.7 Å². The van der Waals surface area contributed by atoms with E-state index in [0.717, 1.165) is 24.0 Å². The summed E-state index contributed by atoms with van der Waals surface area (Å²) in [5, 5.41) is 2.05. The van der Waals surface area contributed by atoms with Gasteiger partial charge in [0.2, 0.25) is 5.91 Å². The molecule has 1 saturated heterocycles. The van der Waals surface area contributed by atoms with E-state index in [2.05, 4.69) is 6.07 Å². The highest BCUT2D eigenvalue weighted by molar-refractivity contribution is 7.13. The van der Waals surface area contributed by atoms with Gasteiger partial charge in [0.05, 0.1) is 13.2 Å². The third kappa shape index (κ3) is 3.39. The summed E-state index contributed by atoms with van der Waals surface area (Å²) in [5.41, 5.74) is 6.69. The summed E-state index contributed by atoms with van der Waals surface area (Å²) in [4.78, 5) is 27.6. The number of rotatable bonds is 5. The van der Waals surface area contributed by atoms with Crippen molar-refractivity contribution in [1.82, 2.24) is 4.90 Å². The van der Waals surface area contributed by atoms with Gasteiger partial charge in [0.15, 0.2) is 5.60 Å². The molecule has 26 heavy (non-hydrogen) atoms. The molecule has 6 heteroatoms. The average molecular weight is 370 g/mol. The predicted molar refractivity (Wildman–Crippen MR) is 101 cm³/mol. The Morgan fingerprint density at radius 1 is 1.23 bits per heavy atom. The molecule has 1 aromatic carbocycles. The number of carbonyl (C=O) groups excluding carboxylic acids is 2. The number of carbonyl (C=O) groups is 2. The molecule has 2 aliphatic rings. The topological polar surface area (TPSA) is 72.6 Å². The van der Waals surface area contributed by atoms with E-state index in [1.807, 2.05) is 35.7 Å². The van der Waals surface area contributed by atoms with Crippen LogP contribution in [0, 0.1) is 5.92 Å². The van der Waals surface area contributed by atoms with Crippen molar-refractivity contribution in [2.75, 3.05) is 19.7 Å². The first-order valence-corrected chi connectivity index (χ1v) is 9.81. The number of benzene rings is 1. The lowest BCUT2D eigenvalue weighted by Crippen LogP contribution is -2.61. The number of hydrogen-bond acceptors (Lipinski definition) is 4. The predicted octanol–water partition coefficient (Wildman–Crippen LogP) is 2.45. The fourth-order valence-electron chi connectivity index (χ4n) is 3.46. The Balaban J connectivity index is 1.52. The largest absolute Gasteiger partial charge is 0.367 e. The maximum absolute atomic E-state index is 12.4. The van der Waals surface area contributed by atoms with Gasteiger partial charge in [-0.2, -0.15) is 0 Å². The SMILES string of the molecule is NC(=O)[C@@]1(Cc2ccc(-c3cccs3)cc2)CN(C(=O)C2CC2)CCO1. The van der Waals surface area contributed by atoms with Crippen LogP contribution in [0.1, 0.15) is 18.4 Å². The number of thiophene rings is 1. The molecule has 4 rings (SSSR count). The number of nitrogens with two attached hydrogens (primary N) is 1. The average Bonchev–Trinajstić information content (AvgIpc) is 3.36. The molecular formula is C20H22N2O3S. The normalized spacial score (nSPS) is 23.0. The number of nitrogens with zero attached hydrogens (tertiary/aromatic N) is 1. The fraction of sp³-hybridized carbons (Fsp3) is 0.400. The third-order valence-electron chi connectivity index (χ3n) is 5.12. The van der Waals surface area contributed by atoms with Crippen molar-refractivity contribution >= 4 is 23.2 Å². The van der Waals surface area contributed by atoms with Gasteiger partial charge in [-0.3, -0.25) is 9.59 Å². The standard InChI is InChI=1S/C20H22N2O3S/c21-19(24)20(13-22(9-10-25-20)18(23)16-7-8-16)12-14-3-5-15(6-4-14)17-2-1-11-26-17/h1-6,11,16H,7-10,12-13H2,(H2,21,24)/t20-/m1/s1. The van der Waals surface area contributed by atoms with Crippen LogP contribution in [0.25, 0.3) is 10.4 Å². The highest BCUT2D eigenvalue weighted by atomic mass is 32.1. The number of hydrogen-bond donors (Lipinski definition) is 1. The minimum absolute atomic E-state index is 0.128. The molecule has 136 valence electrons. The van der Waals surface area contributed by atoms with Crippen molar-refractivity contribution in [1.29, 1.82) is 0 Å². The van der Waals surface area contributed by atoms with Gasteiger partial charge in [0.1, 0.15) is 0 Å². The molecule has 2 N–H and O–H groups in total. The monoisotopic (exact) mass is 370 g/mol. The zero-order valence-electron chi connectivity index (χ0n) is 14.5. The van der Waals surface area contributed by atoms with Crippen LogP contribution >= 0.6 is 11.3 Å². The summed E-state index contributed by atoms with van der Waals surface area (Å²) in [6.07, 6.45) is 2.27. The van der Waals surface area contributed by atoms with Crippen molar-refractivity contribution < 1.29 is 14.3 Å². The molecule has 0 radical (unpaired) electrons. The van der Waals surface area contributed by atoms with E-state index < -0.39 is 11.5 Å². The van der Waals surface area contributed by atoms with Crippen molar-refractivity contribution in [3.63, 3.8) is 0 Å². The third-order valence-corrected chi connectivity index (χ3v) is 6.04. The van der Waals surface area contributed by atoms with Gasteiger partial charge in [-0.15, -0.1) is 11.3 Å². The van der Waals surface area contributed by atoms with Crippen LogP contribution in [0.5, 0.6) is 0 Å². The van der Waals surface area contributed by atoms with Gasteiger partial charge in [-0.1, -0.05) is 30.3 Å². The second-order valence-electron chi connectivity index (χ2n) is 7.09. The first-order valence-electron chi connectivity index (χ1n) is 8.93. The fourth-order valence-corrected chi connectivity index (χ4v) is 4.20. The van der Waals surface area contributed by atoms with Gasteiger partial charge in [-0.25, -0.2) is 0 Å². The number of amides is 2. The molecule has 2 fully saturated rings. The molecular weight excluding hydrogens is 348 g/mol. The summed E-state index contributed by atoms with van der Waals surface area (Å²) in [6, 6.07) is 12.2. The van der Waals surface area contributed by atoms with Crippen LogP contribution in [-0.4, -0.2) is 42.0 Å². The Kier molecular flexibility index (Phi) is 4.54. The van der Waals surface area contributed by atoms with Crippen LogP contribution in [0.3, 0.4) is 0 Å².